The van der Waals surface area contributed by atoms with Crippen LogP contribution in [0.4, 0.5) is 5.69 Å². The minimum Gasteiger partial charge on any atom is -0.343 e. The summed E-state index contributed by atoms with van der Waals surface area (Å²) < 4.78 is 0. The van der Waals surface area contributed by atoms with Crippen molar-refractivity contribution in [1.29, 1.82) is 0 Å². The third kappa shape index (κ3) is 4.10. The molecule has 0 saturated carbocycles. The monoisotopic (exact) mass is 399 g/mol. The number of aryl methyl sites for hydroxylation is 1. The quantitative estimate of drug-likeness (QED) is 0.684. The van der Waals surface area contributed by atoms with E-state index in [0.29, 0.717) is 6.54 Å². The number of hydrogen-bond donors (Lipinski definition) is 1. The Kier molecular flexibility index (Phi) is 5.89. The molecule has 3 aromatic rings. The Bertz CT molecular complexity index is 981. The van der Waals surface area contributed by atoms with Crippen LogP contribution in [0.25, 0.3) is 0 Å². The van der Waals surface area contributed by atoms with Gasteiger partial charge < -0.3 is 10.2 Å². The highest BCUT2D eigenvalue weighted by Crippen LogP contribution is 2.29. The maximum absolute atomic E-state index is 13.2. The van der Waals surface area contributed by atoms with E-state index in [1.807, 2.05) is 72.8 Å². The van der Waals surface area contributed by atoms with Crippen LogP contribution in [0.3, 0.4) is 0 Å². The van der Waals surface area contributed by atoms with Gasteiger partial charge in [-0.25, -0.2) is 0 Å². The third-order valence-corrected chi connectivity index (χ3v) is 5.56. The normalized spacial score (nSPS) is 17.0. The van der Waals surface area contributed by atoms with Crippen molar-refractivity contribution in [2.45, 2.75) is 25.8 Å². The molecule has 2 aromatic carbocycles. The van der Waals surface area contributed by atoms with E-state index in [-0.39, 0.29) is 24.3 Å². The van der Waals surface area contributed by atoms with Gasteiger partial charge in [-0.2, -0.15) is 0 Å². The molecule has 0 aliphatic carbocycles. The fourth-order valence-corrected chi connectivity index (χ4v) is 3.97. The van der Waals surface area contributed by atoms with Crippen LogP contribution in [0.15, 0.2) is 79.0 Å². The minimum absolute atomic E-state index is 0.00912. The van der Waals surface area contributed by atoms with Gasteiger partial charge in [0, 0.05) is 24.8 Å². The summed E-state index contributed by atoms with van der Waals surface area (Å²) in [6.07, 6.45) is 2.78. The van der Waals surface area contributed by atoms with Crippen LogP contribution in [0, 0.1) is 5.92 Å². The summed E-state index contributed by atoms with van der Waals surface area (Å²) in [5.74, 6) is -0.526. The summed E-state index contributed by atoms with van der Waals surface area (Å²) in [6.45, 7) is 2.46. The summed E-state index contributed by atoms with van der Waals surface area (Å²) in [5.41, 5.74) is 3.75. The summed E-state index contributed by atoms with van der Waals surface area (Å²) in [5, 5.41) is 3.13. The van der Waals surface area contributed by atoms with Gasteiger partial charge in [0.1, 0.15) is 0 Å². The number of hydrogen-bond acceptors (Lipinski definition) is 3. The van der Waals surface area contributed by atoms with Crippen LogP contribution in [-0.4, -0.2) is 23.3 Å². The SMILES string of the molecule is CCc1ccccc1N1CC(C(=O)NC(c2ccccc2)c2ccccn2)CC1=O. The van der Waals surface area contributed by atoms with Gasteiger partial charge in [0.25, 0.3) is 0 Å². The number of carbonyl (C=O) groups excluding carboxylic acids is 2. The minimum atomic E-state index is -0.391. The highest BCUT2D eigenvalue weighted by atomic mass is 16.2. The van der Waals surface area contributed by atoms with E-state index in [1.165, 1.54) is 0 Å². The van der Waals surface area contributed by atoms with E-state index in [9.17, 15) is 9.59 Å². The number of benzene rings is 2. The van der Waals surface area contributed by atoms with E-state index in [2.05, 4.69) is 17.2 Å². The highest BCUT2D eigenvalue weighted by molar-refractivity contribution is 6.01. The van der Waals surface area contributed by atoms with Gasteiger partial charge in [-0.1, -0.05) is 61.5 Å². The molecule has 1 aromatic heterocycles. The Morgan fingerprint density at radius 1 is 1.07 bits per heavy atom. The zero-order chi connectivity index (χ0) is 20.9. The molecule has 4 rings (SSSR count). The summed E-state index contributed by atoms with van der Waals surface area (Å²) in [6, 6.07) is 23.0. The van der Waals surface area contributed by atoms with Crippen LogP contribution in [0.5, 0.6) is 0 Å². The standard InChI is InChI=1S/C25H25N3O2/c1-2-18-10-6-7-14-22(18)28-17-20(16-23(28)29)25(30)27-24(19-11-4-3-5-12-19)21-13-8-9-15-26-21/h3-15,20,24H,2,16-17H2,1H3,(H,27,30). The molecule has 0 bridgehead atoms. The van der Waals surface area contributed by atoms with Crippen LogP contribution in [0.2, 0.25) is 0 Å². The van der Waals surface area contributed by atoms with Gasteiger partial charge in [-0.3, -0.25) is 14.6 Å². The Morgan fingerprint density at radius 2 is 1.80 bits per heavy atom. The van der Waals surface area contributed by atoms with E-state index >= 15 is 0 Å². The predicted molar refractivity (Wildman–Crippen MR) is 117 cm³/mol. The van der Waals surface area contributed by atoms with Crippen LogP contribution in [-0.2, 0) is 16.0 Å². The summed E-state index contributed by atoms with van der Waals surface area (Å²) in [4.78, 5) is 32.1. The van der Waals surface area contributed by atoms with Gasteiger partial charge in [0.2, 0.25) is 11.8 Å². The highest BCUT2D eigenvalue weighted by Gasteiger charge is 2.36. The van der Waals surface area contributed by atoms with Crippen LogP contribution < -0.4 is 10.2 Å². The van der Waals surface area contributed by atoms with E-state index in [1.54, 1.807) is 11.1 Å². The van der Waals surface area contributed by atoms with Crippen molar-refractivity contribution in [3.8, 4) is 0 Å². The van der Waals surface area contributed by atoms with Crippen LogP contribution >= 0.6 is 0 Å². The first-order chi connectivity index (χ1) is 14.7. The van der Waals surface area contributed by atoms with Gasteiger partial charge in [0.15, 0.2) is 0 Å². The van der Waals surface area contributed by atoms with Crippen molar-refractivity contribution < 1.29 is 9.59 Å². The molecule has 1 fully saturated rings. The Labute approximate surface area is 176 Å². The van der Waals surface area contributed by atoms with Crippen molar-refractivity contribution >= 4 is 17.5 Å². The number of carbonyl (C=O) groups is 2. The zero-order valence-corrected chi connectivity index (χ0v) is 17.0. The largest absolute Gasteiger partial charge is 0.343 e. The topological polar surface area (TPSA) is 62.3 Å². The van der Waals surface area contributed by atoms with Crippen molar-refractivity contribution in [2.24, 2.45) is 5.92 Å². The van der Waals surface area contributed by atoms with Gasteiger partial charge in [-0.15, -0.1) is 0 Å². The first-order valence-electron chi connectivity index (χ1n) is 10.3. The number of amides is 2. The number of rotatable bonds is 6. The van der Waals surface area contributed by atoms with E-state index in [4.69, 9.17) is 0 Å². The maximum atomic E-state index is 13.2. The van der Waals surface area contributed by atoms with Crippen molar-refractivity contribution in [3.05, 3.63) is 95.8 Å². The predicted octanol–water partition coefficient (Wildman–Crippen LogP) is 3.90. The fourth-order valence-electron chi connectivity index (χ4n) is 3.97. The summed E-state index contributed by atoms with van der Waals surface area (Å²) in [7, 11) is 0. The Hall–Kier alpha value is -3.47. The molecule has 1 aliphatic heterocycles. The molecule has 2 amide bonds. The molecule has 5 nitrogen and oxygen atoms in total. The molecular formula is C25H25N3O2. The molecule has 2 heterocycles. The van der Waals surface area contributed by atoms with Gasteiger partial charge in [-0.05, 0) is 35.7 Å². The lowest BCUT2D eigenvalue weighted by molar-refractivity contribution is -0.126. The van der Waals surface area contributed by atoms with Gasteiger partial charge in [0.05, 0.1) is 17.7 Å². The first-order valence-corrected chi connectivity index (χ1v) is 10.3. The number of nitrogens with one attached hydrogen (secondary N) is 1. The zero-order valence-electron chi connectivity index (χ0n) is 17.0. The first kappa shape index (κ1) is 19.8. The lowest BCUT2D eigenvalue weighted by Crippen LogP contribution is -2.36. The lowest BCUT2D eigenvalue weighted by Gasteiger charge is -2.22. The molecule has 1 aliphatic rings. The summed E-state index contributed by atoms with van der Waals surface area (Å²) >= 11 is 0. The lowest BCUT2D eigenvalue weighted by atomic mass is 10.0. The molecule has 152 valence electrons. The number of para-hydroxylation sites is 1. The molecule has 5 heteroatoms. The second-order valence-corrected chi connectivity index (χ2v) is 7.49. The molecule has 2 atom stereocenters. The number of pyridine rings is 1. The molecule has 1 saturated heterocycles. The molecule has 2 unspecified atom stereocenters. The molecule has 0 radical (unpaired) electrons. The van der Waals surface area contributed by atoms with Crippen molar-refractivity contribution in [3.63, 3.8) is 0 Å². The van der Waals surface area contributed by atoms with E-state index in [0.717, 1.165) is 28.9 Å². The fraction of sp³-hybridized carbons (Fsp3) is 0.240. The number of anilines is 1. The second kappa shape index (κ2) is 8.91. The van der Waals surface area contributed by atoms with Crippen molar-refractivity contribution in [1.82, 2.24) is 10.3 Å². The Morgan fingerprint density at radius 3 is 2.53 bits per heavy atom. The third-order valence-electron chi connectivity index (χ3n) is 5.56. The molecular weight excluding hydrogens is 374 g/mol. The number of aromatic nitrogens is 1. The van der Waals surface area contributed by atoms with Gasteiger partial charge >= 0.3 is 0 Å². The molecule has 1 N–H and O–H groups in total. The maximum Gasteiger partial charge on any atom is 0.227 e. The van der Waals surface area contributed by atoms with Crippen LogP contribution in [0.1, 0.15) is 36.2 Å². The van der Waals surface area contributed by atoms with E-state index < -0.39 is 5.92 Å². The Balaban J connectivity index is 1.54. The molecule has 0 spiro atoms. The average Bonchev–Trinajstić information content (AvgIpc) is 3.20. The van der Waals surface area contributed by atoms with Crippen molar-refractivity contribution in [2.75, 3.05) is 11.4 Å². The number of nitrogens with zero attached hydrogens (tertiary/aromatic N) is 2. The smallest absolute Gasteiger partial charge is 0.227 e. The average molecular weight is 399 g/mol. The molecule has 30 heavy (non-hydrogen) atoms. The second-order valence-electron chi connectivity index (χ2n) is 7.49.